The zero-order valence-electron chi connectivity index (χ0n) is 14.7. The Morgan fingerprint density at radius 3 is 2.12 bits per heavy atom. The highest BCUT2D eigenvalue weighted by atomic mass is 32.2. The van der Waals surface area contributed by atoms with Crippen molar-refractivity contribution < 1.29 is 23.1 Å². The van der Waals surface area contributed by atoms with Crippen LogP contribution in [-0.2, 0) is 14.8 Å². The van der Waals surface area contributed by atoms with Crippen LogP contribution in [0.25, 0.3) is 0 Å². The highest BCUT2D eigenvalue weighted by Gasteiger charge is 2.42. The number of carbonyl (C=O) groups is 2. The van der Waals surface area contributed by atoms with Crippen LogP contribution >= 0.6 is 0 Å². The normalized spacial score (nSPS) is 17.0. The fraction of sp³-hybridized carbons (Fsp3) is 0.529. The summed E-state index contributed by atoms with van der Waals surface area (Å²) in [5.74, 6) is -1.54. The molecule has 2 N–H and O–H groups in total. The van der Waals surface area contributed by atoms with E-state index in [1.165, 1.54) is 35.6 Å². The van der Waals surface area contributed by atoms with Crippen molar-refractivity contribution >= 4 is 21.9 Å². The monoisotopic (exact) mass is 368 g/mol. The first kappa shape index (κ1) is 19.4. The number of benzene rings is 1. The van der Waals surface area contributed by atoms with E-state index < -0.39 is 27.4 Å². The summed E-state index contributed by atoms with van der Waals surface area (Å²) in [5, 5.41) is 12.0. The number of sulfonamides is 1. The summed E-state index contributed by atoms with van der Waals surface area (Å²) in [6.45, 7) is 3.54. The molecule has 0 unspecified atom stereocenters. The molecular weight excluding hydrogens is 344 g/mol. The molecule has 0 atom stereocenters. The summed E-state index contributed by atoms with van der Waals surface area (Å²) in [6, 6.07) is 5.35. The molecule has 1 aliphatic carbocycles. The number of carbonyl (C=O) groups excluding carboxylic acids is 1. The van der Waals surface area contributed by atoms with E-state index >= 15 is 0 Å². The Morgan fingerprint density at radius 1 is 1.16 bits per heavy atom. The van der Waals surface area contributed by atoms with Crippen LogP contribution in [0, 0.1) is 0 Å². The minimum atomic E-state index is -3.62. The first-order chi connectivity index (χ1) is 11.6. The Bertz CT molecular complexity index is 750. The molecule has 7 nitrogen and oxygen atoms in total. The molecule has 2 rings (SSSR count). The Morgan fingerprint density at radius 2 is 1.68 bits per heavy atom. The molecule has 1 aromatic rings. The highest BCUT2D eigenvalue weighted by molar-refractivity contribution is 7.89. The van der Waals surface area contributed by atoms with Crippen molar-refractivity contribution in [2.24, 2.45) is 0 Å². The van der Waals surface area contributed by atoms with Crippen molar-refractivity contribution in [3.63, 3.8) is 0 Å². The number of hydrogen-bond donors (Lipinski definition) is 2. The van der Waals surface area contributed by atoms with E-state index in [2.05, 4.69) is 5.32 Å². The molecule has 1 fully saturated rings. The number of aliphatic carboxylic acids is 1. The lowest BCUT2D eigenvalue weighted by Crippen LogP contribution is -2.52. The average Bonchev–Trinajstić information content (AvgIpc) is 3.04. The van der Waals surface area contributed by atoms with Gasteiger partial charge in [-0.1, -0.05) is 12.8 Å². The topological polar surface area (TPSA) is 104 Å². The Kier molecular flexibility index (Phi) is 5.53. The fourth-order valence-electron chi connectivity index (χ4n) is 2.88. The Labute approximate surface area is 148 Å². The Balaban J connectivity index is 2.20. The molecule has 8 heteroatoms. The number of amides is 1. The van der Waals surface area contributed by atoms with E-state index in [1.807, 2.05) is 0 Å². The molecular formula is C17H24N2O5S. The van der Waals surface area contributed by atoms with Crippen LogP contribution in [0.3, 0.4) is 0 Å². The minimum absolute atomic E-state index is 0.0917. The number of carboxylic acids is 1. The van der Waals surface area contributed by atoms with Gasteiger partial charge < -0.3 is 10.4 Å². The van der Waals surface area contributed by atoms with Gasteiger partial charge >= 0.3 is 5.97 Å². The molecule has 0 aliphatic heterocycles. The van der Waals surface area contributed by atoms with E-state index in [1.54, 1.807) is 13.8 Å². The molecule has 0 radical (unpaired) electrons. The Hall–Kier alpha value is -1.93. The fourth-order valence-corrected chi connectivity index (χ4v) is 4.25. The summed E-state index contributed by atoms with van der Waals surface area (Å²) >= 11 is 0. The van der Waals surface area contributed by atoms with Crippen LogP contribution in [0.1, 0.15) is 49.9 Å². The summed E-state index contributed by atoms with van der Waals surface area (Å²) in [4.78, 5) is 24.0. The molecule has 0 bridgehead atoms. The zero-order valence-corrected chi connectivity index (χ0v) is 15.5. The van der Waals surface area contributed by atoms with Crippen molar-refractivity contribution in [2.45, 2.75) is 56.0 Å². The van der Waals surface area contributed by atoms with Crippen molar-refractivity contribution in [1.82, 2.24) is 9.62 Å². The van der Waals surface area contributed by atoms with Crippen LogP contribution in [-0.4, -0.2) is 48.3 Å². The van der Waals surface area contributed by atoms with Crippen LogP contribution < -0.4 is 5.32 Å². The smallest absolute Gasteiger partial charge is 0.329 e. The second kappa shape index (κ2) is 7.13. The molecule has 138 valence electrons. The first-order valence-electron chi connectivity index (χ1n) is 8.24. The number of hydrogen-bond acceptors (Lipinski definition) is 4. The number of rotatable bonds is 6. The number of nitrogens with zero attached hydrogens (tertiary/aromatic N) is 1. The molecule has 0 heterocycles. The molecule has 0 aromatic heterocycles. The highest BCUT2D eigenvalue weighted by Crippen LogP contribution is 2.30. The van der Waals surface area contributed by atoms with Gasteiger partial charge in [0.2, 0.25) is 10.0 Å². The van der Waals surface area contributed by atoms with Gasteiger partial charge in [-0.25, -0.2) is 13.2 Å². The van der Waals surface area contributed by atoms with E-state index in [-0.39, 0.29) is 16.5 Å². The van der Waals surface area contributed by atoms with Gasteiger partial charge in [0, 0.05) is 18.7 Å². The van der Waals surface area contributed by atoms with Crippen molar-refractivity contribution in [3.8, 4) is 0 Å². The van der Waals surface area contributed by atoms with Gasteiger partial charge in [0.15, 0.2) is 0 Å². The van der Waals surface area contributed by atoms with Crippen LogP contribution in [0.15, 0.2) is 29.2 Å². The molecule has 1 amide bonds. The zero-order chi connectivity index (χ0) is 18.8. The van der Waals surface area contributed by atoms with Crippen molar-refractivity contribution in [1.29, 1.82) is 0 Å². The molecule has 1 aromatic carbocycles. The summed E-state index contributed by atoms with van der Waals surface area (Å²) in [5.41, 5.74) is -0.988. The maximum Gasteiger partial charge on any atom is 0.329 e. The van der Waals surface area contributed by atoms with E-state index in [9.17, 15) is 23.1 Å². The maximum atomic E-state index is 12.4. The van der Waals surface area contributed by atoms with Crippen molar-refractivity contribution in [3.05, 3.63) is 29.8 Å². The lowest BCUT2D eigenvalue weighted by molar-refractivity contribution is -0.144. The third-order valence-corrected chi connectivity index (χ3v) is 6.79. The van der Waals surface area contributed by atoms with E-state index in [0.717, 1.165) is 12.8 Å². The number of nitrogens with one attached hydrogen (secondary N) is 1. The summed E-state index contributed by atoms with van der Waals surface area (Å²) < 4.78 is 26.1. The van der Waals surface area contributed by atoms with Gasteiger partial charge in [0.25, 0.3) is 5.91 Å². The van der Waals surface area contributed by atoms with Gasteiger partial charge in [-0.3, -0.25) is 4.79 Å². The van der Waals surface area contributed by atoms with Gasteiger partial charge in [0.1, 0.15) is 5.54 Å². The minimum Gasteiger partial charge on any atom is -0.480 e. The summed E-state index contributed by atoms with van der Waals surface area (Å²) in [7, 11) is -2.12. The van der Waals surface area contributed by atoms with Gasteiger partial charge in [-0.05, 0) is 51.0 Å². The lowest BCUT2D eigenvalue weighted by Gasteiger charge is -2.25. The molecule has 0 spiro atoms. The third-order valence-electron chi connectivity index (χ3n) is 4.74. The third kappa shape index (κ3) is 3.85. The summed E-state index contributed by atoms with van der Waals surface area (Å²) in [6.07, 6.45) is 2.32. The van der Waals surface area contributed by atoms with Gasteiger partial charge in [0.05, 0.1) is 4.90 Å². The lowest BCUT2D eigenvalue weighted by atomic mass is 9.97. The van der Waals surface area contributed by atoms with Crippen LogP contribution in [0.4, 0.5) is 0 Å². The van der Waals surface area contributed by atoms with E-state index in [4.69, 9.17) is 0 Å². The predicted octanol–water partition coefficient (Wildman–Crippen LogP) is 1.84. The first-order valence-corrected chi connectivity index (χ1v) is 9.68. The SMILES string of the molecule is CC(C)N(C)S(=O)(=O)c1ccc(C(=O)NC2(C(=O)O)CCCC2)cc1. The number of carboxylic acid groups (broad SMARTS) is 1. The van der Waals surface area contributed by atoms with E-state index in [0.29, 0.717) is 12.8 Å². The predicted molar refractivity (Wildman–Crippen MR) is 92.8 cm³/mol. The van der Waals surface area contributed by atoms with Gasteiger partial charge in [-0.2, -0.15) is 4.31 Å². The second-order valence-electron chi connectivity index (χ2n) is 6.69. The second-order valence-corrected chi connectivity index (χ2v) is 8.69. The standard InChI is InChI=1S/C17H24N2O5S/c1-12(2)19(3)25(23,24)14-8-6-13(7-9-14)15(20)18-17(16(21)22)10-4-5-11-17/h6-9,12H,4-5,10-11H2,1-3H3,(H,18,20)(H,21,22). The quantitative estimate of drug-likeness (QED) is 0.797. The maximum absolute atomic E-state index is 12.4. The molecule has 25 heavy (non-hydrogen) atoms. The van der Waals surface area contributed by atoms with Crippen LogP contribution in [0.5, 0.6) is 0 Å². The molecule has 1 aliphatic rings. The molecule has 1 saturated carbocycles. The van der Waals surface area contributed by atoms with Crippen molar-refractivity contribution in [2.75, 3.05) is 7.05 Å². The van der Waals surface area contributed by atoms with Crippen LogP contribution in [0.2, 0.25) is 0 Å². The average molecular weight is 368 g/mol. The molecule has 0 saturated heterocycles. The van der Waals surface area contributed by atoms with Gasteiger partial charge in [-0.15, -0.1) is 0 Å². The largest absolute Gasteiger partial charge is 0.480 e.